The van der Waals surface area contributed by atoms with Gasteiger partial charge in [-0.25, -0.2) is 4.98 Å². The second-order valence-electron chi connectivity index (χ2n) is 4.31. The molecule has 1 saturated heterocycles. The molecule has 0 aromatic carbocycles. The number of nitrogens with zero attached hydrogens (tertiary/aromatic N) is 3. The topological polar surface area (TPSA) is 54.2 Å². The zero-order valence-corrected chi connectivity index (χ0v) is 9.72. The van der Waals surface area contributed by atoms with E-state index in [0.29, 0.717) is 5.65 Å². The molecule has 1 aliphatic rings. The molecule has 17 heavy (non-hydrogen) atoms. The first-order chi connectivity index (χ1) is 8.42. The summed E-state index contributed by atoms with van der Waals surface area (Å²) in [5.74, 6) is 0.764. The third-order valence-corrected chi connectivity index (χ3v) is 3.00. The van der Waals surface area contributed by atoms with E-state index in [2.05, 4.69) is 20.2 Å². The minimum atomic E-state index is 0.704. The van der Waals surface area contributed by atoms with Gasteiger partial charge in [0.1, 0.15) is 0 Å². The Labute approximate surface area is 99.8 Å². The van der Waals surface area contributed by atoms with Crippen molar-refractivity contribution in [1.82, 2.24) is 20.2 Å². The van der Waals surface area contributed by atoms with Crippen LogP contribution in [-0.4, -0.2) is 41.0 Å². The molecule has 0 bridgehead atoms. The van der Waals surface area contributed by atoms with Crippen molar-refractivity contribution in [3.05, 3.63) is 24.2 Å². The molecule has 0 radical (unpaired) electrons. The SMILES string of the molecule is c1cnc2nc(CN3CCCNCC3)oc2c1. The lowest BCUT2D eigenvalue weighted by atomic mass is 10.4. The van der Waals surface area contributed by atoms with Gasteiger partial charge in [-0.1, -0.05) is 0 Å². The van der Waals surface area contributed by atoms with E-state index in [1.807, 2.05) is 12.1 Å². The first kappa shape index (κ1) is 10.7. The molecule has 1 fully saturated rings. The minimum Gasteiger partial charge on any atom is -0.438 e. The molecule has 3 heterocycles. The van der Waals surface area contributed by atoms with Gasteiger partial charge in [0.15, 0.2) is 11.2 Å². The standard InChI is InChI=1S/C12H16N4O/c1-3-10-12(14-5-1)15-11(17-10)9-16-7-2-4-13-6-8-16/h1,3,5,13H,2,4,6-9H2. The maximum Gasteiger partial charge on any atom is 0.211 e. The zero-order chi connectivity index (χ0) is 11.5. The molecule has 0 saturated carbocycles. The molecular weight excluding hydrogens is 216 g/mol. The Morgan fingerprint density at radius 2 is 2.35 bits per heavy atom. The summed E-state index contributed by atoms with van der Waals surface area (Å²) >= 11 is 0. The fourth-order valence-electron chi connectivity index (χ4n) is 2.13. The summed E-state index contributed by atoms with van der Waals surface area (Å²) in [5, 5.41) is 3.38. The van der Waals surface area contributed by atoms with Crippen molar-refractivity contribution in [2.24, 2.45) is 0 Å². The molecular formula is C12H16N4O. The summed E-state index contributed by atoms with van der Waals surface area (Å²) in [6, 6.07) is 3.77. The van der Waals surface area contributed by atoms with Crippen molar-refractivity contribution < 1.29 is 4.42 Å². The van der Waals surface area contributed by atoms with E-state index in [9.17, 15) is 0 Å². The third-order valence-electron chi connectivity index (χ3n) is 3.00. The van der Waals surface area contributed by atoms with E-state index >= 15 is 0 Å². The molecule has 5 heteroatoms. The quantitative estimate of drug-likeness (QED) is 0.837. The Balaban J connectivity index is 1.75. The molecule has 2 aromatic rings. The van der Waals surface area contributed by atoms with Crippen LogP contribution in [0.3, 0.4) is 0 Å². The Morgan fingerprint density at radius 3 is 3.29 bits per heavy atom. The number of rotatable bonds is 2. The fraction of sp³-hybridized carbons (Fsp3) is 0.500. The van der Waals surface area contributed by atoms with E-state index in [0.717, 1.165) is 44.2 Å². The molecule has 0 atom stereocenters. The average Bonchev–Trinajstić information content (AvgIpc) is 2.57. The number of nitrogens with one attached hydrogen (secondary N) is 1. The molecule has 90 valence electrons. The second-order valence-corrected chi connectivity index (χ2v) is 4.31. The van der Waals surface area contributed by atoms with Crippen molar-refractivity contribution in [3.8, 4) is 0 Å². The summed E-state index contributed by atoms with van der Waals surface area (Å²) < 4.78 is 5.68. The maximum absolute atomic E-state index is 5.68. The van der Waals surface area contributed by atoms with Crippen LogP contribution in [0.15, 0.2) is 22.7 Å². The van der Waals surface area contributed by atoms with Gasteiger partial charge in [-0.2, -0.15) is 4.98 Å². The van der Waals surface area contributed by atoms with Gasteiger partial charge in [0.05, 0.1) is 6.54 Å². The van der Waals surface area contributed by atoms with Crippen LogP contribution in [-0.2, 0) is 6.54 Å². The number of aromatic nitrogens is 2. The molecule has 0 unspecified atom stereocenters. The number of fused-ring (bicyclic) bond motifs is 1. The van der Waals surface area contributed by atoms with E-state index in [1.165, 1.54) is 6.42 Å². The van der Waals surface area contributed by atoms with E-state index in [1.54, 1.807) is 6.20 Å². The van der Waals surface area contributed by atoms with Crippen LogP contribution < -0.4 is 5.32 Å². The molecule has 1 aliphatic heterocycles. The van der Waals surface area contributed by atoms with Gasteiger partial charge in [-0.15, -0.1) is 0 Å². The monoisotopic (exact) mass is 232 g/mol. The summed E-state index contributed by atoms with van der Waals surface area (Å²) in [5.41, 5.74) is 1.48. The maximum atomic E-state index is 5.68. The molecule has 5 nitrogen and oxygen atoms in total. The lowest BCUT2D eigenvalue weighted by molar-refractivity contribution is 0.257. The van der Waals surface area contributed by atoms with Gasteiger partial charge < -0.3 is 9.73 Å². The van der Waals surface area contributed by atoms with Gasteiger partial charge in [0.25, 0.3) is 0 Å². The summed E-state index contributed by atoms with van der Waals surface area (Å²) in [6.07, 6.45) is 2.92. The fourth-order valence-corrected chi connectivity index (χ4v) is 2.13. The number of pyridine rings is 1. The van der Waals surface area contributed by atoms with E-state index < -0.39 is 0 Å². The van der Waals surface area contributed by atoms with Crippen LogP contribution in [0.4, 0.5) is 0 Å². The Morgan fingerprint density at radius 1 is 1.35 bits per heavy atom. The van der Waals surface area contributed by atoms with Crippen LogP contribution in [0.5, 0.6) is 0 Å². The first-order valence-corrected chi connectivity index (χ1v) is 6.05. The zero-order valence-electron chi connectivity index (χ0n) is 9.72. The Hall–Kier alpha value is -1.46. The van der Waals surface area contributed by atoms with Crippen LogP contribution in [0.1, 0.15) is 12.3 Å². The molecule has 1 N–H and O–H groups in total. The predicted octanol–water partition coefficient (Wildman–Crippen LogP) is 1.02. The van der Waals surface area contributed by atoms with E-state index in [4.69, 9.17) is 4.42 Å². The number of oxazole rings is 1. The van der Waals surface area contributed by atoms with Crippen LogP contribution in [0.2, 0.25) is 0 Å². The van der Waals surface area contributed by atoms with Crippen molar-refractivity contribution in [2.45, 2.75) is 13.0 Å². The normalized spacial score (nSPS) is 18.4. The van der Waals surface area contributed by atoms with Crippen LogP contribution >= 0.6 is 0 Å². The van der Waals surface area contributed by atoms with Gasteiger partial charge in [-0.3, -0.25) is 4.90 Å². The third kappa shape index (κ3) is 2.45. The van der Waals surface area contributed by atoms with Gasteiger partial charge in [-0.05, 0) is 31.6 Å². The summed E-state index contributed by atoms with van der Waals surface area (Å²) in [7, 11) is 0. The molecule has 0 aliphatic carbocycles. The summed E-state index contributed by atoms with van der Waals surface area (Å²) in [4.78, 5) is 10.9. The van der Waals surface area contributed by atoms with Crippen molar-refractivity contribution in [1.29, 1.82) is 0 Å². The molecule has 0 amide bonds. The van der Waals surface area contributed by atoms with Crippen LogP contribution in [0.25, 0.3) is 11.2 Å². The van der Waals surface area contributed by atoms with Gasteiger partial charge in [0, 0.05) is 19.3 Å². The highest BCUT2D eigenvalue weighted by molar-refractivity contribution is 5.66. The lowest BCUT2D eigenvalue weighted by Crippen LogP contribution is -2.27. The Bertz CT molecular complexity index is 455. The molecule has 3 rings (SSSR count). The highest BCUT2D eigenvalue weighted by Gasteiger charge is 2.13. The second kappa shape index (κ2) is 4.81. The van der Waals surface area contributed by atoms with Crippen molar-refractivity contribution in [2.75, 3.05) is 26.2 Å². The van der Waals surface area contributed by atoms with E-state index in [-0.39, 0.29) is 0 Å². The van der Waals surface area contributed by atoms with Gasteiger partial charge >= 0.3 is 0 Å². The van der Waals surface area contributed by atoms with Crippen molar-refractivity contribution >= 4 is 11.2 Å². The Kier molecular flexibility index (Phi) is 3.02. The minimum absolute atomic E-state index is 0.704. The van der Waals surface area contributed by atoms with Crippen molar-refractivity contribution in [3.63, 3.8) is 0 Å². The predicted molar refractivity (Wildman–Crippen MR) is 64.6 cm³/mol. The lowest BCUT2D eigenvalue weighted by Gasteiger charge is -2.16. The van der Waals surface area contributed by atoms with Crippen LogP contribution in [0, 0.1) is 0 Å². The number of hydrogen-bond donors (Lipinski definition) is 1. The summed E-state index contributed by atoms with van der Waals surface area (Å²) in [6.45, 7) is 5.06. The molecule has 0 spiro atoms. The average molecular weight is 232 g/mol. The molecule has 2 aromatic heterocycles. The highest BCUT2D eigenvalue weighted by atomic mass is 16.3. The number of hydrogen-bond acceptors (Lipinski definition) is 5. The largest absolute Gasteiger partial charge is 0.438 e. The first-order valence-electron chi connectivity index (χ1n) is 6.05. The smallest absolute Gasteiger partial charge is 0.211 e. The highest BCUT2D eigenvalue weighted by Crippen LogP contribution is 2.14. The van der Waals surface area contributed by atoms with Gasteiger partial charge in [0.2, 0.25) is 5.89 Å².